The van der Waals surface area contributed by atoms with Gasteiger partial charge in [0, 0.05) is 18.7 Å². The average Bonchev–Trinajstić information content (AvgIpc) is 3.35. The topological polar surface area (TPSA) is 67.9 Å². The Balaban J connectivity index is 1.62. The van der Waals surface area contributed by atoms with Crippen LogP contribution in [-0.2, 0) is 9.59 Å². The quantitative estimate of drug-likeness (QED) is 0.564. The Hall–Kier alpha value is -3.02. The van der Waals surface area contributed by atoms with Gasteiger partial charge in [0.05, 0.1) is 6.04 Å². The first-order chi connectivity index (χ1) is 15.9. The highest BCUT2D eigenvalue weighted by atomic mass is 16.5. The van der Waals surface area contributed by atoms with Gasteiger partial charge in [-0.15, -0.1) is 0 Å². The fourth-order valence-electron chi connectivity index (χ4n) is 4.12. The fraction of sp³-hybridized carbons (Fsp3) is 0.481. The van der Waals surface area contributed by atoms with Crippen LogP contribution in [0.25, 0.3) is 0 Å². The summed E-state index contributed by atoms with van der Waals surface area (Å²) < 4.78 is 11.8. The molecule has 1 aliphatic rings. The van der Waals surface area contributed by atoms with Crippen LogP contribution in [0.1, 0.15) is 68.7 Å². The van der Waals surface area contributed by atoms with Crippen LogP contribution in [0.2, 0.25) is 0 Å². The predicted octanol–water partition coefficient (Wildman–Crippen LogP) is 4.77. The van der Waals surface area contributed by atoms with E-state index in [4.69, 9.17) is 9.47 Å². The van der Waals surface area contributed by atoms with Crippen LogP contribution in [-0.4, -0.2) is 43.0 Å². The van der Waals surface area contributed by atoms with Gasteiger partial charge in [0.15, 0.2) is 13.2 Å². The van der Waals surface area contributed by atoms with E-state index in [1.807, 2.05) is 49.1 Å². The molecular formula is C27H36N2O4. The molecule has 0 bridgehead atoms. The van der Waals surface area contributed by atoms with Crippen molar-refractivity contribution >= 4 is 11.8 Å². The molecule has 0 saturated carbocycles. The van der Waals surface area contributed by atoms with E-state index < -0.39 is 0 Å². The number of amides is 2. The van der Waals surface area contributed by atoms with E-state index in [2.05, 4.69) is 31.3 Å². The molecule has 2 aromatic rings. The van der Waals surface area contributed by atoms with E-state index >= 15 is 0 Å². The number of nitrogens with zero attached hydrogens (tertiary/aromatic N) is 1. The monoisotopic (exact) mass is 452 g/mol. The molecule has 178 valence electrons. The number of aryl methyl sites for hydroxylation is 1. The first kappa shape index (κ1) is 24.6. The maximum absolute atomic E-state index is 12.7. The number of hydrogen-bond donors (Lipinski definition) is 1. The van der Waals surface area contributed by atoms with Crippen LogP contribution in [0.5, 0.6) is 11.5 Å². The summed E-state index contributed by atoms with van der Waals surface area (Å²) >= 11 is 0. The van der Waals surface area contributed by atoms with Gasteiger partial charge in [0.25, 0.3) is 11.8 Å². The number of rotatable bonds is 10. The van der Waals surface area contributed by atoms with E-state index in [9.17, 15) is 9.59 Å². The Kier molecular flexibility index (Phi) is 8.75. The minimum Gasteiger partial charge on any atom is -0.483 e. The molecule has 2 amide bonds. The Bertz CT molecular complexity index is 951. The van der Waals surface area contributed by atoms with Crippen molar-refractivity contribution in [2.75, 3.05) is 26.3 Å². The molecule has 33 heavy (non-hydrogen) atoms. The number of likely N-dealkylation sites (tertiary alicyclic amines) is 1. The molecule has 1 unspecified atom stereocenters. The minimum absolute atomic E-state index is 0.00639. The van der Waals surface area contributed by atoms with Crippen LogP contribution >= 0.6 is 0 Å². The highest BCUT2D eigenvalue weighted by Gasteiger charge is 2.21. The summed E-state index contributed by atoms with van der Waals surface area (Å²) in [6.45, 7) is 9.79. The lowest BCUT2D eigenvalue weighted by molar-refractivity contribution is -0.132. The Labute approximate surface area is 197 Å². The van der Waals surface area contributed by atoms with Crippen molar-refractivity contribution in [3.63, 3.8) is 0 Å². The van der Waals surface area contributed by atoms with Gasteiger partial charge < -0.3 is 19.7 Å². The molecular weight excluding hydrogens is 416 g/mol. The molecule has 1 aliphatic heterocycles. The lowest BCUT2D eigenvalue weighted by atomic mass is 10.0. The molecule has 3 rings (SSSR count). The van der Waals surface area contributed by atoms with Gasteiger partial charge in [-0.05, 0) is 55.4 Å². The number of nitrogens with one attached hydrogen (secondary N) is 1. The Morgan fingerprint density at radius 1 is 0.970 bits per heavy atom. The van der Waals surface area contributed by atoms with Crippen LogP contribution < -0.4 is 14.8 Å². The van der Waals surface area contributed by atoms with Crippen molar-refractivity contribution in [1.29, 1.82) is 0 Å². The number of para-hydroxylation sites is 1. The molecule has 6 heteroatoms. The van der Waals surface area contributed by atoms with E-state index in [1.165, 1.54) is 0 Å². The van der Waals surface area contributed by atoms with Crippen molar-refractivity contribution in [3.05, 3.63) is 59.2 Å². The zero-order valence-corrected chi connectivity index (χ0v) is 20.2. The largest absolute Gasteiger partial charge is 0.483 e. The summed E-state index contributed by atoms with van der Waals surface area (Å²) in [6.07, 6.45) is 2.79. The molecule has 2 aromatic carbocycles. The van der Waals surface area contributed by atoms with E-state index in [0.717, 1.165) is 48.4 Å². The smallest absolute Gasteiger partial charge is 0.260 e. The fourth-order valence-corrected chi connectivity index (χ4v) is 4.12. The number of hydrogen-bond acceptors (Lipinski definition) is 4. The number of carbonyl (C=O) groups is 2. The predicted molar refractivity (Wildman–Crippen MR) is 130 cm³/mol. The minimum atomic E-state index is -0.235. The second-order valence-electron chi connectivity index (χ2n) is 8.93. The summed E-state index contributed by atoms with van der Waals surface area (Å²) in [5.74, 6) is 1.49. The maximum atomic E-state index is 12.7. The normalized spacial score (nSPS) is 14.3. The standard InChI is InChI=1S/C27H36N2O4/c1-5-23(28-26(30)17-32-25-16-20(4)12-13-21(25)19(2)3)22-10-6-7-11-24(22)33-18-27(31)29-14-8-9-15-29/h6-7,10-13,16,19,23H,5,8-9,14-15,17-18H2,1-4H3,(H,28,30). The highest BCUT2D eigenvalue weighted by Crippen LogP contribution is 2.29. The van der Waals surface area contributed by atoms with Gasteiger partial charge in [-0.3, -0.25) is 9.59 Å². The lowest BCUT2D eigenvalue weighted by Gasteiger charge is -2.22. The van der Waals surface area contributed by atoms with E-state index in [0.29, 0.717) is 18.1 Å². The Morgan fingerprint density at radius 2 is 1.67 bits per heavy atom. The molecule has 1 fully saturated rings. The van der Waals surface area contributed by atoms with Crippen LogP contribution in [0.15, 0.2) is 42.5 Å². The molecule has 1 heterocycles. The van der Waals surface area contributed by atoms with Gasteiger partial charge in [-0.2, -0.15) is 0 Å². The molecule has 1 N–H and O–H groups in total. The third-order valence-electron chi connectivity index (χ3n) is 6.00. The SMILES string of the molecule is CCC(NC(=O)COc1cc(C)ccc1C(C)C)c1ccccc1OCC(=O)N1CCCC1. The molecule has 0 aromatic heterocycles. The molecule has 0 radical (unpaired) electrons. The van der Waals surface area contributed by atoms with Crippen molar-refractivity contribution in [3.8, 4) is 11.5 Å². The van der Waals surface area contributed by atoms with E-state index in [1.54, 1.807) is 0 Å². The maximum Gasteiger partial charge on any atom is 0.260 e. The summed E-state index contributed by atoms with van der Waals surface area (Å²) in [5, 5.41) is 3.06. The summed E-state index contributed by atoms with van der Waals surface area (Å²) in [4.78, 5) is 27.0. The molecule has 0 spiro atoms. The second-order valence-corrected chi connectivity index (χ2v) is 8.93. The first-order valence-corrected chi connectivity index (χ1v) is 11.9. The summed E-state index contributed by atoms with van der Waals surface area (Å²) in [7, 11) is 0. The number of ether oxygens (including phenoxy) is 2. The van der Waals surface area contributed by atoms with Crippen molar-refractivity contribution in [2.24, 2.45) is 0 Å². The summed E-state index contributed by atoms with van der Waals surface area (Å²) in [5.41, 5.74) is 3.04. The van der Waals surface area contributed by atoms with Gasteiger partial charge >= 0.3 is 0 Å². The van der Waals surface area contributed by atoms with Crippen molar-refractivity contribution < 1.29 is 19.1 Å². The Morgan fingerprint density at radius 3 is 2.36 bits per heavy atom. The molecule has 1 saturated heterocycles. The zero-order valence-electron chi connectivity index (χ0n) is 20.2. The van der Waals surface area contributed by atoms with Gasteiger partial charge in [0.2, 0.25) is 0 Å². The highest BCUT2D eigenvalue weighted by molar-refractivity contribution is 5.79. The van der Waals surface area contributed by atoms with E-state index in [-0.39, 0.29) is 31.1 Å². The van der Waals surface area contributed by atoms with Crippen LogP contribution in [0.4, 0.5) is 0 Å². The van der Waals surface area contributed by atoms with Crippen LogP contribution in [0.3, 0.4) is 0 Å². The lowest BCUT2D eigenvalue weighted by Crippen LogP contribution is -2.34. The molecule has 0 aliphatic carbocycles. The zero-order chi connectivity index (χ0) is 23.8. The van der Waals surface area contributed by atoms with Crippen molar-refractivity contribution in [1.82, 2.24) is 10.2 Å². The molecule has 6 nitrogen and oxygen atoms in total. The number of carbonyl (C=O) groups excluding carboxylic acids is 2. The summed E-state index contributed by atoms with van der Waals surface area (Å²) in [6, 6.07) is 13.4. The third-order valence-corrected chi connectivity index (χ3v) is 6.00. The van der Waals surface area contributed by atoms with Gasteiger partial charge in [-0.25, -0.2) is 0 Å². The first-order valence-electron chi connectivity index (χ1n) is 11.9. The molecule has 1 atom stereocenters. The van der Waals surface area contributed by atoms with Gasteiger partial charge in [-0.1, -0.05) is 51.1 Å². The third kappa shape index (κ3) is 6.73. The number of benzene rings is 2. The second kappa shape index (κ2) is 11.7. The van der Waals surface area contributed by atoms with Gasteiger partial charge in [0.1, 0.15) is 11.5 Å². The van der Waals surface area contributed by atoms with Crippen LogP contribution in [0, 0.1) is 6.92 Å². The van der Waals surface area contributed by atoms with Crippen molar-refractivity contribution in [2.45, 2.75) is 58.9 Å². The average molecular weight is 453 g/mol.